The molecule has 6 aromatic rings. The Hall–Kier alpha value is -4.22. The summed E-state index contributed by atoms with van der Waals surface area (Å²) in [5.41, 5.74) is 11.1. The number of fused-ring (bicyclic) bond motifs is 2. The number of benzene rings is 4. The summed E-state index contributed by atoms with van der Waals surface area (Å²) in [6.07, 6.45) is 8.73. The molecule has 0 amide bonds. The number of hydrogen-bond donors (Lipinski definition) is 1. The van der Waals surface area contributed by atoms with Crippen molar-refractivity contribution in [3.63, 3.8) is 0 Å². The van der Waals surface area contributed by atoms with Gasteiger partial charge in [-0.2, -0.15) is 0 Å². The minimum Gasteiger partial charge on any atom is -0.512 e. The van der Waals surface area contributed by atoms with Crippen molar-refractivity contribution in [2.45, 2.75) is 133 Å². The van der Waals surface area contributed by atoms with E-state index in [9.17, 15) is 9.90 Å². The van der Waals surface area contributed by atoms with Gasteiger partial charge in [0, 0.05) is 50.4 Å². The molecule has 0 saturated heterocycles. The van der Waals surface area contributed by atoms with Gasteiger partial charge in [-0.05, 0) is 87.8 Å². The van der Waals surface area contributed by atoms with Gasteiger partial charge in [0.25, 0.3) is 0 Å². The zero-order valence-corrected chi connectivity index (χ0v) is 42.8. The number of carbonyl (C=O) groups excluding carboxylic acids is 1. The van der Waals surface area contributed by atoms with E-state index in [1.807, 2.05) is 40.1 Å². The maximum atomic E-state index is 11.7. The molecule has 1 N–H and O–H groups in total. The Morgan fingerprint density at radius 1 is 0.656 bits per heavy atom. The smallest absolute Gasteiger partial charge is 0.162 e. The zero-order chi connectivity index (χ0) is 44.3. The molecule has 0 aliphatic carbocycles. The van der Waals surface area contributed by atoms with E-state index in [1.54, 1.807) is 0 Å². The first-order valence-electron chi connectivity index (χ1n) is 22.2. The number of nitrogens with zero attached hydrogens (tertiary/aromatic N) is 2. The molecular weight excluding hydrogens is 941 g/mol. The molecule has 327 valence electrons. The molecule has 0 atom stereocenters. The number of allylic oxidation sites excluding steroid dienone is 2. The summed E-state index contributed by atoms with van der Waals surface area (Å²) >= 11 is 0. The molecule has 2 aromatic heterocycles. The van der Waals surface area contributed by atoms with Crippen LogP contribution in [0.4, 0.5) is 0 Å². The molecule has 0 aliphatic rings. The molecule has 6 rings (SSSR count). The van der Waals surface area contributed by atoms with Crippen molar-refractivity contribution in [3.8, 4) is 22.5 Å². The number of rotatable bonds is 12. The summed E-state index contributed by atoms with van der Waals surface area (Å²) in [5, 5.41) is 16.2. The van der Waals surface area contributed by atoms with Crippen molar-refractivity contribution in [1.29, 1.82) is 0 Å². The fourth-order valence-corrected chi connectivity index (χ4v) is 9.43. The summed E-state index contributed by atoms with van der Waals surface area (Å²) in [4.78, 5) is 21.0. The second-order valence-corrected chi connectivity index (χ2v) is 22.9. The third kappa shape index (κ3) is 13.4. The van der Waals surface area contributed by atoms with Crippen LogP contribution in [0.3, 0.4) is 0 Å². The van der Waals surface area contributed by atoms with Crippen molar-refractivity contribution < 1.29 is 30.0 Å². The average Bonchev–Trinajstić information content (AvgIpc) is 3.20. The van der Waals surface area contributed by atoms with Crippen LogP contribution in [-0.4, -0.2) is 28.9 Å². The SMILES string of the molecule is CCC(CC)C(=O)/C=C(\O)C(CC)CC.Cc1[c-]c(-c2nccc3cc(C(C)C)ccc23)cc(C)c1.Cc1[c-]c(-c2nccc3cc([Si](C)(C)C(C)C)ccc23)cc(C)c1.[Ir]. The Balaban J connectivity index is 0.000000249. The van der Waals surface area contributed by atoms with E-state index in [1.165, 1.54) is 49.5 Å². The first-order valence-corrected chi connectivity index (χ1v) is 25.3. The van der Waals surface area contributed by atoms with Gasteiger partial charge in [0.1, 0.15) is 0 Å². The summed E-state index contributed by atoms with van der Waals surface area (Å²) in [6.45, 7) is 30.5. The first kappa shape index (κ1) is 51.1. The van der Waals surface area contributed by atoms with Crippen LogP contribution in [0.2, 0.25) is 18.6 Å². The summed E-state index contributed by atoms with van der Waals surface area (Å²) in [6, 6.07) is 33.4. The molecule has 0 aliphatic heterocycles. The van der Waals surface area contributed by atoms with Gasteiger partial charge >= 0.3 is 0 Å². The number of ketones is 1. The Bertz CT molecular complexity index is 2370. The van der Waals surface area contributed by atoms with Crippen LogP contribution in [0.25, 0.3) is 44.1 Å². The minimum absolute atomic E-state index is 0. The number of carbonyl (C=O) groups is 1. The van der Waals surface area contributed by atoms with Crippen LogP contribution in [-0.2, 0) is 24.9 Å². The molecule has 4 aromatic carbocycles. The number of aryl methyl sites for hydroxylation is 4. The molecule has 61 heavy (non-hydrogen) atoms. The fraction of sp³-hybridized carbons (Fsp3) is 0.400. The predicted molar refractivity (Wildman–Crippen MR) is 261 cm³/mol. The summed E-state index contributed by atoms with van der Waals surface area (Å²) in [5.74, 6) is 1.09. The van der Waals surface area contributed by atoms with Gasteiger partial charge in [0.15, 0.2) is 5.78 Å². The van der Waals surface area contributed by atoms with Crippen molar-refractivity contribution in [2.75, 3.05) is 0 Å². The standard InChI is InChI=1S/C22H26NSi.C20H20N.C13H24O2.Ir/c1-15(2)24(5,6)20-7-8-21-18(14-20)9-10-23-22(21)19-12-16(3)11-17(4)13-19;1-13(2)16-5-6-19-17(12-16)7-8-21-20(19)18-10-14(3)9-15(4)11-18;1-5-10(6-2)12(14)9-13(15)11(7-3)8-4;/h7-12,14-15H,1-6H3;5-10,12-13H,1-4H3;9-11,14H,5-8H2,1-4H3;/q2*-1;;/b;;12-9-;. The molecule has 0 spiro atoms. The number of aromatic nitrogens is 2. The Morgan fingerprint density at radius 2 is 1.11 bits per heavy atom. The van der Waals surface area contributed by atoms with Crippen LogP contribution >= 0.6 is 0 Å². The van der Waals surface area contributed by atoms with E-state index < -0.39 is 8.07 Å². The van der Waals surface area contributed by atoms with E-state index >= 15 is 0 Å². The van der Waals surface area contributed by atoms with Crippen LogP contribution in [0, 0.1) is 51.7 Å². The zero-order valence-electron chi connectivity index (χ0n) is 39.4. The van der Waals surface area contributed by atoms with Gasteiger partial charge in [-0.3, -0.25) is 4.79 Å². The van der Waals surface area contributed by atoms with Gasteiger partial charge in [-0.1, -0.05) is 138 Å². The van der Waals surface area contributed by atoms with Gasteiger partial charge in [-0.15, -0.1) is 69.8 Å². The molecule has 2 heterocycles. The first-order chi connectivity index (χ1) is 28.4. The quantitative estimate of drug-likeness (QED) is 0.0574. The summed E-state index contributed by atoms with van der Waals surface area (Å²) in [7, 11) is -1.42. The Labute approximate surface area is 383 Å². The van der Waals surface area contributed by atoms with E-state index in [2.05, 4.69) is 163 Å². The topological polar surface area (TPSA) is 63.1 Å². The Kier molecular flexibility index (Phi) is 19.5. The second kappa shape index (κ2) is 23.3. The van der Waals surface area contributed by atoms with Gasteiger partial charge in [0.05, 0.1) is 13.8 Å². The average molecular weight is 1010 g/mol. The number of aliphatic hydroxyl groups is 1. The van der Waals surface area contributed by atoms with E-state index in [0.717, 1.165) is 64.9 Å². The summed E-state index contributed by atoms with van der Waals surface area (Å²) < 4.78 is 0. The van der Waals surface area contributed by atoms with Crippen molar-refractivity contribution in [1.82, 2.24) is 9.97 Å². The molecule has 4 nitrogen and oxygen atoms in total. The molecule has 0 saturated carbocycles. The van der Waals surface area contributed by atoms with E-state index in [4.69, 9.17) is 0 Å². The molecule has 0 bridgehead atoms. The largest absolute Gasteiger partial charge is 0.512 e. The van der Waals surface area contributed by atoms with Crippen molar-refractivity contribution in [2.24, 2.45) is 11.8 Å². The Morgan fingerprint density at radius 3 is 1.54 bits per heavy atom. The molecular formula is C55H70IrN2O2Si-2. The van der Waals surface area contributed by atoms with Gasteiger partial charge < -0.3 is 15.1 Å². The monoisotopic (exact) mass is 1010 g/mol. The normalized spacial score (nSPS) is 11.7. The van der Waals surface area contributed by atoms with Gasteiger partial charge in [-0.25, -0.2) is 0 Å². The van der Waals surface area contributed by atoms with Crippen LogP contribution < -0.4 is 5.19 Å². The van der Waals surface area contributed by atoms with Gasteiger partial charge in [0.2, 0.25) is 0 Å². The second-order valence-electron chi connectivity index (χ2n) is 17.8. The molecule has 6 heteroatoms. The van der Waals surface area contributed by atoms with Crippen molar-refractivity contribution >= 4 is 40.6 Å². The minimum atomic E-state index is -1.42. The van der Waals surface area contributed by atoms with Crippen LogP contribution in [0.5, 0.6) is 0 Å². The predicted octanol–water partition coefficient (Wildman–Crippen LogP) is 15.0. The third-order valence-corrected chi connectivity index (χ3v) is 17.0. The maximum absolute atomic E-state index is 11.7. The van der Waals surface area contributed by atoms with E-state index in [-0.39, 0.29) is 43.5 Å². The molecule has 0 fully saturated rings. The van der Waals surface area contributed by atoms with Crippen molar-refractivity contribution in [3.05, 3.63) is 137 Å². The number of hydrogen-bond acceptors (Lipinski definition) is 4. The third-order valence-electron chi connectivity index (χ3n) is 12.3. The number of aliphatic hydroxyl groups excluding tert-OH is 1. The van der Waals surface area contributed by atoms with E-state index in [0.29, 0.717) is 5.92 Å². The van der Waals surface area contributed by atoms with Crippen LogP contribution in [0.1, 0.15) is 115 Å². The van der Waals surface area contributed by atoms with Crippen LogP contribution in [0.15, 0.2) is 97.0 Å². The maximum Gasteiger partial charge on any atom is 0.162 e. The fourth-order valence-electron chi connectivity index (χ4n) is 7.72. The molecule has 0 unspecified atom stereocenters. The molecule has 1 radical (unpaired) electrons. The number of pyridine rings is 2.